The highest BCUT2D eigenvalue weighted by Gasteiger charge is 2.13. The van der Waals surface area contributed by atoms with Crippen LogP contribution in [0.5, 0.6) is 0 Å². The molecule has 6 heteroatoms. The van der Waals surface area contributed by atoms with Gasteiger partial charge in [0.1, 0.15) is 0 Å². The van der Waals surface area contributed by atoms with Crippen LogP contribution in [-0.4, -0.2) is 10.9 Å². The second-order valence-corrected chi connectivity index (χ2v) is 6.32. The second kappa shape index (κ2) is 5.67. The summed E-state index contributed by atoms with van der Waals surface area (Å²) in [5.41, 5.74) is 9.18. The van der Waals surface area contributed by atoms with Gasteiger partial charge in [-0.3, -0.25) is 10.1 Å². The van der Waals surface area contributed by atoms with E-state index < -0.39 is 0 Å². The number of nitrogen functional groups attached to an aromatic ring is 1. The number of aryl methyl sites for hydroxylation is 1. The Morgan fingerprint density at radius 1 is 1.19 bits per heavy atom. The average molecular weight is 315 g/mol. The van der Waals surface area contributed by atoms with Crippen molar-refractivity contribution >= 4 is 39.4 Å². The van der Waals surface area contributed by atoms with Gasteiger partial charge in [-0.2, -0.15) is 0 Å². The fourth-order valence-corrected chi connectivity index (χ4v) is 3.41. The van der Waals surface area contributed by atoms with Crippen LogP contribution in [0.3, 0.4) is 0 Å². The van der Waals surface area contributed by atoms with Gasteiger partial charge in [0.15, 0.2) is 5.13 Å². The molecule has 0 radical (unpaired) electrons. The molecule has 0 unspecified atom stereocenters. The Labute approximate surface area is 130 Å². The Kier molecular flexibility index (Phi) is 3.72. The van der Waals surface area contributed by atoms with E-state index in [-0.39, 0.29) is 5.91 Å². The third kappa shape index (κ3) is 2.96. The zero-order valence-corrected chi connectivity index (χ0v) is 12.9. The number of nitrogens with one attached hydrogen (secondary N) is 1. The van der Waals surface area contributed by atoms with Gasteiger partial charge in [-0.25, -0.2) is 4.98 Å². The Morgan fingerprint density at radius 3 is 2.62 bits per heavy atom. The number of thiophene rings is 1. The highest BCUT2D eigenvalue weighted by atomic mass is 32.1. The number of hydrogen-bond acceptors (Lipinski definition) is 5. The third-order valence-electron chi connectivity index (χ3n) is 3.00. The SMILES string of the molecule is Cc1ccsc1C(=O)Nc1nc(-c2ccc(N)cc2)cs1. The van der Waals surface area contributed by atoms with Crippen LogP contribution >= 0.6 is 22.7 Å². The van der Waals surface area contributed by atoms with Gasteiger partial charge in [0, 0.05) is 16.6 Å². The van der Waals surface area contributed by atoms with E-state index in [1.54, 1.807) is 0 Å². The normalized spacial score (nSPS) is 10.5. The zero-order valence-electron chi connectivity index (χ0n) is 11.3. The number of carbonyl (C=O) groups excluding carboxylic acids is 1. The average Bonchev–Trinajstić information content (AvgIpc) is 3.09. The van der Waals surface area contributed by atoms with Gasteiger partial charge < -0.3 is 5.73 Å². The van der Waals surface area contributed by atoms with Crippen molar-refractivity contribution < 1.29 is 4.79 Å². The predicted octanol–water partition coefficient (Wildman–Crippen LogP) is 4.01. The number of hydrogen-bond donors (Lipinski definition) is 2. The van der Waals surface area contributed by atoms with E-state index in [9.17, 15) is 4.79 Å². The Bertz CT molecular complexity index is 774. The number of nitrogens with two attached hydrogens (primary N) is 1. The molecule has 1 aromatic carbocycles. The lowest BCUT2D eigenvalue weighted by Crippen LogP contribution is -2.10. The molecule has 4 nitrogen and oxygen atoms in total. The fourth-order valence-electron chi connectivity index (χ4n) is 1.88. The van der Waals surface area contributed by atoms with Crippen LogP contribution in [0.15, 0.2) is 41.1 Å². The molecule has 106 valence electrons. The molecule has 21 heavy (non-hydrogen) atoms. The number of benzene rings is 1. The summed E-state index contributed by atoms with van der Waals surface area (Å²) in [6, 6.07) is 9.43. The predicted molar refractivity (Wildman–Crippen MR) is 89.0 cm³/mol. The van der Waals surface area contributed by atoms with Gasteiger partial charge in [-0.05, 0) is 36.1 Å². The number of thiazole rings is 1. The summed E-state index contributed by atoms with van der Waals surface area (Å²) in [6.45, 7) is 1.92. The quantitative estimate of drug-likeness (QED) is 0.717. The van der Waals surface area contributed by atoms with Crippen LogP contribution in [0.4, 0.5) is 10.8 Å². The summed E-state index contributed by atoms with van der Waals surface area (Å²) in [4.78, 5) is 17.3. The number of rotatable bonds is 3. The van der Waals surface area contributed by atoms with E-state index in [0.717, 1.165) is 27.4 Å². The molecule has 0 aliphatic heterocycles. The van der Waals surface area contributed by atoms with Crippen LogP contribution in [0, 0.1) is 6.92 Å². The van der Waals surface area contributed by atoms with Crippen LogP contribution in [-0.2, 0) is 0 Å². The van der Waals surface area contributed by atoms with E-state index >= 15 is 0 Å². The van der Waals surface area contributed by atoms with Gasteiger partial charge in [-0.15, -0.1) is 22.7 Å². The lowest BCUT2D eigenvalue weighted by Gasteiger charge is -2.00. The molecular weight excluding hydrogens is 302 g/mol. The number of amides is 1. The Balaban J connectivity index is 1.78. The highest BCUT2D eigenvalue weighted by molar-refractivity contribution is 7.14. The van der Waals surface area contributed by atoms with Crippen LogP contribution in [0.1, 0.15) is 15.2 Å². The Morgan fingerprint density at radius 2 is 1.95 bits per heavy atom. The van der Waals surface area contributed by atoms with Gasteiger partial charge in [0.25, 0.3) is 5.91 Å². The van der Waals surface area contributed by atoms with Crippen molar-refractivity contribution in [2.45, 2.75) is 6.92 Å². The largest absolute Gasteiger partial charge is 0.399 e. The zero-order chi connectivity index (χ0) is 14.8. The van der Waals surface area contributed by atoms with Crippen LogP contribution < -0.4 is 11.1 Å². The van der Waals surface area contributed by atoms with Gasteiger partial charge in [0.2, 0.25) is 0 Å². The summed E-state index contributed by atoms with van der Waals surface area (Å²) in [5, 5.41) is 7.27. The standard InChI is InChI=1S/C15H13N3OS2/c1-9-6-7-20-13(9)14(19)18-15-17-12(8-21-15)10-2-4-11(16)5-3-10/h2-8H,16H2,1H3,(H,17,18,19). The molecule has 0 aliphatic rings. The summed E-state index contributed by atoms with van der Waals surface area (Å²) in [5.74, 6) is -0.110. The molecule has 3 N–H and O–H groups in total. The molecule has 2 heterocycles. The minimum Gasteiger partial charge on any atom is -0.399 e. The maximum absolute atomic E-state index is 12.1. The molecule has 0 saturated heterocycles. The smallest absolute Gasteiger partial charge is 0.267 e. The lowest BCUT2D eigenvalue weighted by atomic mass is 10.1. The summed E-state index contributed by atoms with van der Waals surface area (Å²) < 4.78 is 0. The van der Waals surface area contributed by atoms with Crippen LogP contribution in [0.25, 0.3) is 11.3 Å². The maximum atomic E-state index is 12.1. The number of carbonyl (C=O) groups is 1. The Hall–Kier alpha value is -2.18. The van der Waals surface area contributed by atoms with Gasteiger partial charge >= 0.3 is 0 Å². The highest BCUT2D eigenvalue weighted by Crippen LogP contribution is 2.26. The minimum atomic E-state index is -0.110. The van der Waals surface area contributed by atoms with Gasteiger partial charge in [-0.1, -0.05) is 12.1 Å². The molecule has 0 fully saturated rings. The van der Waals surface area contributed by atoms with Crippen molar-refractivity contribution in [3.8, 4) is 11.3 Å². The van der Waals surface area contributed by atoms with Crippen molar-refractivity contribution in [2.24, 2.45) is 0 Å². The van der Waals surface area contributed by atoms with Crippen molar-refractivity contribution in [1.29, 1.82) is 0 Å². The van der Waals surface area contributed by atoms with Crippen molar-refractivity contribution in [1.82, 2.24) is 4.98 Å². The molecule has 1 amide bonds. The monoisotopic (exact) mass is 315 g/mol. The molecule has 3 aromatic rings. The van der Waals surface area contributed by atoms with E-state index in [1.807, 2.05) is 48.0 Å². The first-order valence-electron chi connectivity index (χ1n) is 6.30. The molecule has 0 bridgehead atoms. The number of nitrogens with zero attached hydrogens (tertiary/aromatic N) is 1. The molecular formula is C15H13N3OS2. The first-order valence-corrected chi connectivity index (χ1v) is 8.06. The molecule has 2 aromatic heterocycles. The third-order valence-corrected chi connectivity index (χ3v) is 4.77. The summed E-state index contributed by atoms with van der Waals surface area (Å²) in [6.07, 6.45) is 0. The number of aromatic nitrogens is 1. The van der Waals surface area contributed by atoms with Crippen molar-refractivity contribution in [2.75, 3.05) is 11.1 Å². The lowest BCUT2D eigenvalue weighted by molar-refractivity contribution is 0.103. The summed E-state index contributed by atoms with van der Waals surface area (Å²) in [7, 11) is 0. The molecule has 3 rings (SSSR count). The van der Waals surface area contributed by atoms with Gasteiger partial charge in [0.05, 0.1) is 10.6 Å². The fraction of sp³-hybridized carbons (Fsp3) is 0.0667. The van der Waals surface area contributed by atoms with Crippen molar-refractivity contribution in [3.05, 3.63) is 51.5 Å². The molecule has 0 aliphatic carbocycles. The van der Waals surface area contributed by atoms with E-state index in [2.05, 4.69) is 10.3 Å². The van der Waals surface area contributed by atoms with Crippen molar-refractivity contribution in [3.63, 3.8) is 0 Å². The molecule has 0 spiro atoms. The minimum absolute atomic E-state index is 0.110. The van der Waals surface area contributed by atoms with E-state index in [4.69, 9.17) is 5.73 Å². The first kappa shape index (κ1) is 13.8. The molecule has 0 saturated carbocycles. The topological polar surface area (TPSA) is 68.0 Å². The maximum Gasteiger partial charge on any atom is 0.267 e. The van der Waals surface area contributed by atoms with E-state index in [0.29, 0.717) is 5.13 Å². The summed E-state index contributed by atoms with van der Waals surface area (Å²) >= 11 is 2.84. The second-order valence-electron chi connectivity index (χ2n) is 4.55. The number of anilines is 2. The molecule has 0 atom stereocenters. The van der Waals surface area contributed by atoms with Crippen LogP contribution in [0.2, 0.25) is 0 Å². The van der Waals surface area contributed by atoms with E-state index in [1.165, 1.54) is 22.7 Å². The first-order chi connectivity index (χ1) is 10.1.